The Morgan fingerprint density at radius 1 is 1.44 bits per heavy atom. The van der Waals surface area contributed by atoms with Gasteiger partial charge in [0.2, 0.25) is 0 Å². The third-order valence-corrected chi connectivity index (χ3v) is 5.71. The van der Waals surface area contributed by atoms with Crippen molar-refractivity contribution in [3.05, 3.63) is 0 Å². The summed E-state index contributed by atoms with van der Waals surface area (Å²) in [5.74, 6) is 1.24. The number of rotatable bonds is 5. The summed E-state index contributed by atoms with van der Waals surface area (Å²) >= 11 is 1.89. The van der Waals surface area contributed by atoms with Gasteiger partial charge in [0.15, 0.2) is 0 Å². The third-order valence-electron chi connectivity index (χ3n) is 4.27. The Hall–Kier alpha value is 0.230. The van der Waals surface area contributed by atoms with Crippen molar-refractivity contribution in [2.75, 3.05) is 25.6 Å². The van der Waals surface area contributed by atoms with Gasteiger partial charge in [0.05, 0.1) is 18.3 Å². The van der Waals surface area contributed by atoms with Crippen LogP contribution in [0.25, 0.3) is 0 Å². The van der Waals surface area contributed by atoms with Crippen molar-refractivity contribution in [1.29, 1.82) is 0 Å². The van der Waals surface area contributed by atoms with Crippen LogP contribution in [0.1, 0.15) is 39.5 Å². The van der Waals surface area contributed by atoms with Crippen molar-refractivity contribution in [3.63, 3.8) is 0 Å². The van der Waals surface area contributed by atoms with Gasteiger partial charge in [-0.1, -0.05) is 13.8 Å². The second kappa shape index (κ2) is 6.60. The van der Waals surface area contributed by atoms with Gasteiger partial charge in [0.1, 0.15) is 0 Å². The summed E-state index contributed by atoms with van der Waals surface area (Å²) in [6.45, 7) is 6.73. The summed E-state index contributed by atoms with van der Waals surface area (Å²) in [5.41, 5.74) is -0.0784. The molecule has 4 unspecified atom stereocenters. The quantitative estimate of drug-likeness (QED) is 0.836. The Labute approximate surface area is 115 Å². The molecule has 0 aromatic heterocycles. The first-order valence-electron chi connectivity index (χ1n) is 7.16. The lowest BCUT2D eigenvalue weighted by atomic mass is 9.82. The highest BCUT2D eigenvalue weighted by atomic mass is 32.2. The maximum Gasteiger partial charge on any atom is 0.0940 e. The molecule has 0 radical (unpaired) electrons. The van der Waals surface area contributed by atoms with Crippen molar-refractivity contribution >= 4 is 11.8 Å². The van der Waals surface area contributed by atoms with E-state index in [1.54, 1.807) is 0 Å². The van der Waals surface area contributed by atoms with E-state index in [1.165, 1.54) is 6.42 Å². The van der Waals surface area contributed by atoms with E-state index >= 15 is 0 Å². The molecule has 106 valence electrons. The molecule has 0 saturated carbocycles. The van der Waals surface area contributed by atoms with Crippen LogP contribution in [-0.4, -0.2) is 47.6 Å². The number of hydrogen-bond donors (Lipinski definition) is 1. The molecule has 4 heteroatoms. The predicted octanol–water partition coefficient (Wildman–Crippen LogP) is 2.46. The molecular weight excluding hydrogens is 248 g/mol. The molecule has 18 heavy (non-hydrogen) atoms. The fraction of sp³-hybridized carbons (Fsp3) is 1.00. The number of ether oxygens (including phenoxy) is 2. The summed E-state index contributed by atoms with van der Waals surface area (Å²) in [6.07, 6.45) is 3.93. The standard InChI is InChI=1S/C14H26O3S/c1-3-11(2)18-9-13(15)12-4-6-17-14(8-12)5-7-16-10-14/h11-13,15H,3-10H2,1-2H3. The first-order valence-corrected chi connectivity index (χ1v) is 8.21. The van der Waals surface area contributed by atoms with Crippen molar-refractivity contribution in [1.82, 2.24) is 0 Å². The van der Waals surface area contributed by atoms with Crippen LogP contribution in [0, 0.1) is 5.92 Å². The maximum absolute atomic E-state index is 10.3. The first kappa shape index (κ1) is 14.6. The molecule has 2 aliphatic heterocycles. The molecule has 0 bridgehead atoms. The normalized spacial score (nSPS) is 35.8. The van der Waals surface area contributed by atoms with Crippen LogP contribution in [0.5, 0.6) is 0 Å². The van der Waals surface area contributed by atoms with Crippen molar-refractivity contribution in [2.45, 2.75) is 56.5 Å². The number of hydrogen-bond acceptors (Lipinski definition) is 4. The molecule has 1 N–H and O–H groups in total. The average Bonchev–Trinajstić information content (AvgIpc) is 2.83. The van der Waals surface area contributed by atoms with Crippen molar-refractivity contribution in [2.24, 2.45) is 5.92 Å². The molecule has 0 amide bonds. The largest absolute Gasteiger partial charge is 0.392 e. The topological polar surface area (TPSA) is 38.7 Å². The lowest BCUT2D eigenvalue weighted by molar-refractivity contribution is -0.113. The Kier molecular flexibility index (Phi) is 5.36. The molecule has 4 atom stereocenters. The zero-order valence-electron chi connectivity index (χ0n) is 11.6. The zero-order chi connectivity index (χ0) is 13.0. The number of thioether (sulfide) groups is 1. The summed E-state index contributed by atoms with van der Waals surface area (Å²) in [6, 6.07) is 0. The minimum Gasteiger partial charge on any atom is -0.392 e. The average molecular weight is 274 g/mol. The van der Waals surface area contributed by atoms with Gasteiger partial charge in [0.25, 0.3) is 0 Å². The van der Waals surface area contributed by atoms with E-state index in [0.29, 0.717) is 17.8 Å². The van der Waals surface area contributed by atoms with Gasteiger partial charge < -0.3 is 14.6 Å². The molecule has 0 aromatic carbocycles. The summed E-state index contributed by atoms with van der Waals surface area (Å²) in [7, 11) is 0. The maximum atomic E-state index is 10.3. The third kappa shape index (κ3) is 3.62. The van der Waals surface area contributed by atoms with Crippen molar-refractivity contribution < 1.29 is 14.6 Å². The van der Waals surface area contributed by atoms with Gasteiger partial charge in [-0.2, -0.15) is 11.8 Å². The second-order valence-electron chi connectivity index (χ2n) is 5.71. The number of aliphatic hydroxyl groups is 1. The Balaban J connectivity index is 1.80. The van der Waals surface area contributed by atoms with Crippen LogP contribution in [0.4, 0.5) is 0 Å². The van der Waals surface area contributed by atoms with E-state index in [0.717, 1.165) is 38.2 Å². The molecular formula is C14H26O3S. The molecule has 0 aliphatic carbocycles. The fourth-order valence-corrected chi connectivity index (χ4v) is 3.81. The SMILES string of the molecule is CCC(C)SCC(O)C1CCOC2(CCOC2)C1. The Morgan fingerprint density at radius 3 is 2.94 bits per heavy atom. The Bertz CT molecular complexity index is 253. The highest BCUT2D eigenvalue weighted by molar-refractivity contribution is 7.99. The van der Waals surface area contributed by atoms with Crippen LogP contribution in [0.2, 0.25) is 0 Å². The minimum absolute atomic E-state index is 0.0784. The summed E-state index contributed by atoms with van der Waals surface area (Å²) in [5, 5.41) is 11.0. The molecule has 1 spiro atoms. The van der Waals surface area contributed by atoms with Gasteiger partial charge in [-0.05, 0) is 25.2 Å². The van der Waals surface area contributed by atoms with Gasteiger partial charge in [-0.25, -0.2) is 0 Å². The predicted molar refractivity (Wildman–Crippen MR) is 75.1 cm³/mol. The molecule has 0 aromatic rings. The fourth-order valence-electron chi connectivity index (χ4n) is 2.77. The van der Waals surface area contributed by atoms with E-state index in [9.17, 15) is 5.11 Å². The number of aliphatic hydroxyl groups excluding tert-OH is 1. The monoisotopic (exact) mass is 274 g/mol. The zero-order valence-corrected chi connectivity index (χ0v) is 12.4. The highest BCUT2D eigenvalue weighted by Crippen LogP contribution is 2.37. The smallest absolute Gasteiger partial charge is 0.0940 e. The molecule has 2 fully saturated rings. The van der Waals surface area contributed by atoms with Gasteiger partial charge in [-0.3, -0.25) is 0 Å². The van der Waals surface area contributed by atoms with Crippen LogP contribution in [0.3, 0.4) is 0 Å². The van der Waals surface area contributed by atoms with Gasteiger partial charge in [0, 0.05) is 30.6 Å². The first-order chi connectivity index (χ1) is 8.65. The molecule has 2 rings (SSSR count). The van der Waals surface area contributed by atoms with E-state index in [4.69, 9.17) is 9.47 Å². The molecule has 3 nitrogen and oxygen atoms in total. The van der Waals surface area contributed by atoms with E-state index < -0.39 is 0 Å². The van der Waals surface area contributed by atoms with Crippen LogP contribution in [0.15, 0.2) is 0 Å². The second-order valence-corrected chi connectivity index (χ2v) is 7.18. The van der Waals surface area contributed by atoms with Crippen LogP contribution in [-0.2, 0) is 9.47 Å². The van der Waals surface area contributed by atoms with E-state index in [-0.39, 0.29) is 11.7 Å². The van der Waals surface area contributed by atoms with Gasteiger partial charge in [-0.15, -0.1) is 0 Å². The lowest BCUT2D eigenvalue weighted by Crippen LogP contribution is -2.44. The molecule has 2 heterocycles. The van der Waals surface area contributed by atoms with E-state index in [2.05, 4.69) is 13.8 Å². The lowest BCUT2D eigenvalue weighted by Gasteiger charge is -2.39. The molecule has 2 saturated heterocycles. The van der Waals surface area contributed by atoms with Crippen LogP contribution >= 0.6 is 11.8 Å². The van der Waals surface area contributed by atoms with Crippen molar-refractivity contribution in [3.8, 4) is 0 Å². The minimum atomic E-state index is -0.189. The highest BCUT2D eigenvalue weighted by Gasteiger charge is 2.42. The van der Waals surface area contributed by atoms with Crippen LogP contribution < -0.4 is 0 Å². The molecule has 2 aliphatic rings. The summed E-state index contributed by atoms with van der Waals surface area (Å²) in [4.78, 5) is 0. The Morgan fingerprint density at radius 2 is 2.28 bits per heavy atom. The summed E-state index contributed by atoms with van der Waals surface area (Å²) < 4.78 is 11.4. The van der Waals surface area contributed by atoms with E-state index in [1.807, 2.05) is 11.8 Å². The van der Waals surface area contributed by atoms with Gasteiger partial charge >= 0.3 is 0 Å².